The second kappa shape index (κ2) is 5.30. The molecule has 88 valence electrons. The van der Waals surface area contributed by atoms with E-state index in [1.165, 1.54) is 0 Å². The van der Waals surface area contributed by atoms with Gasteiger partial charge in [0.05, 0.1) is 11.3 Å². The van der Waals surface area contributed by atoms with Crippen LogP contribution in [0.15, 0.2) is 5.03 Å². The zero-order valence-corrected chi connectivity index (χ0v) is 11.0. The highest BCUT2D eigenvalue weighted by Crippen LogP contribution is 2.28. The van der Waals surface area contributed by atoms with Gasteiger partial charge in [-0.3, -0.25) is 5.41 Å². The van der Waals surface area contributed by atoms with Gasteiger partial charge in [0.15, 0.2) is 0 Å². The lowest BCUT2D eigenvalue weighted by Crippen LogP contribution is -2.17. The Hall–Kier alpha value is -1.10. The third-order valence-electron chi connectivity index (χ3n) is 2.58. The number of thioether (sulfide) groups is 1. The van der Waals surface area contributed by atoms with E-state index >= 15 is 0 Å². The monoisotopic (exact) mass is 238 g/mol. The van der Waals surface area contributed by atoms with Crippen LogP contribution in [-0.2, 0) is 0 Å². The van der Waals surface area contributed by atoms with Gasteiger partial charge in [-0.25, -0.2) is 0 Å². The van der Waals surface area contributed by atoms with Gasteiger partial charge in [-0.2, -0.15) is 5.10 Å². The van der Waals surface area contributed by atoms with Gasteiger partial charge in [-0.1, -0.05) is 13.8 Å². The Kier molecular flexibility index (Phi) is 4.29. The summed E-state index contributed by atoms with van der Waals surface area (Å²) >= 11 is 1.63. The molecule has 1 heterocycles. The van der Waals surface area contributed by atoms with Crippen LogP contribution in [0, 0.1) is 19.3 Å². The smallest absolute Gasteiger partial charge is 0.130 e. The van der Waals surface area contributed by atoms with Gasteiger partial charge >= 0.3 is 0 Å². The summed E-state index contributed by atoms with van der Waals surface area (Å²) in [5.41, 5.74) is 8.12. The molecule has 1 rings (SSSR count). The zero-order chi connectivity index (χ0) is 12.3. The molecule has 0 aromatic carbocycles. The standard InChI is InChI=1S/C11H18N4S/c1-5-6(2)16-11-9(10(12)13)7(3)8(4)14-15-11/h6H,5H2,1-4H3,(H3,12,13). The minimum absolute atomic E-state index is 0.0707. The molecule has 1 atom stereocenters. The van der Waals surface area contributed by atoms with Gasteiger partial charge in [0.2, 0.25) is 0 Å². The summed E-state index contributed by atoms with van der Waals surface area (Å²) in [5, 5.41) is 17.1. The number of rotatable bonds is 4. The first kappa shape index (κ1) is 13.0. The normalized spacial score (nSPS) is 12.5. The lowest BCUT2D eigenvalue weighted by Gasteiger charge is -2.13. The van der Waals surface area contributed by atoms with E-state index in [4.69, 9.17) is 11.1 Å². The van der Waals surface area contributed by atoms with Crippen LogP contribution >= 0.6 is 11.8 Å². The summed E-state index contributed by atoms with van der Waals surface area (Å²) in [6.45, 7) is 8.07. The fraction of sp³-hybridized carbons (Fsp3) is 0.545. The number of nitrogens with two attached hydrogens (primary N) is 1. The van der Waals surface area contributed by atoms with Crippen molar-refractivity contribution in [1.82, 2.24) is 10.2 Å². The van der Waals surface area contributed by atoms with Crippen molar-refractivity contribution in [3.8, 4) is 0 Å². The highest BCUT2D eigenvalue weighted by molar-refractivity contribution is 7.99. The van der Waals surface area contributed by atoms with Crippen molar-refractivity contribution >= 4 is 17.6 Å². The molecule has 0 amide bonds. The Morgan fingerprint density at radius 2 is 2.06 bits per heavy atom. The summed E-state index contributed by atoms with van der Waals surface area (Å²) in [5.74, 6) is 0.0707. The van der Waals surface area contributed by atoms with E-state index in [1.807, 2.05) is 13.8 Å². The molecule has 1 aromatic rings. The second-order valence-electron chi connectivity index (χ2n) is 3.84. The molecule has 3 N–H and O–H groups in total. The third-order valence-corrected chi connectivity index (χ3v) is 3.82. The van der Waals surface area contributed by atoms with Crippen LogP contribution in [0.5, 0.6) is 0 Å². The first-order valence-electron chi connectivity index (χ1n) is 5.32. The highest BCUT2D eigenvalue weighted by atomic mass is 32.2. The van der Waals surface area contributed by atoms with Crippen LogP contribution in [0.4, 0.5) is 0 Å². The number of hydrogen-bond acceptors (Lipinski definition) is 4. The molecule has 0 spiro atoms. The van der Waals surface area contributed by atoms with Gasteiger partial charge in [0, 0.05) is 5.25 Å². The van der Waals surface area contributed by atoms with E-state index in [9.17, 15) is 0 Å². The summed E-state index contributed by atoms with van der Waals surface area (Å²) in [7, 11) is 0. The van der Waals surface area contributed by atoms with E-state index in [0.717, 1.165) is 28.3 Å². The van der Waals surface area contributed by atoms with Crippen molar-refractivity contribution in [1.29, 1.82) is 5.41 Å². The molecule has 0 aliphatic rings. The molecule has 0 saturated carbocycles. The van der Waals surface area contributed by atoms with Gasteiger partial charge in [0.25, 0.3) is 0 Å². The molecule has 5 heteroatoms. The summed E-state index contributed by atoms with van der Waals surface area (Å²) < 4.78 is 0. The average molecular weight is 238 g/mol. The summed E-state index contributed by atoms with van der Waals surface area (Å²) in [4.78, 5) is 0. The van der Waals surface area contributed by atoms with E-state index < -0.39 is 0 Å². The number of nitrogens with zero attached hydrogens (tertiary/aromatic N) is 2. The molecule has 0 radical (unpaired) electrons. The second-order valence-corrected chi connectivity index (χ2v) is 5.27. The molecule has 1 unspecified atom stereocenters. The van der Waals surface area contributed by atoms with Crippen LogP contribution in [0.25, 0.3) is 0 Å². The molecule has 1 aromatic heterocycles. The van der Waals surface area contributed by atoms with Crippen LogP contribution in [0.1, 0.15) is 37.1 Å². The largest absolute Gasteiger partial charge is 0.384 e. The van der Waals surface area contributed by atoms with Gasteiger partial charge in [-0.05, 0) is 25.8 Å². The van der Waals surface area contributed by atoms with Gasteiger partial charge < -0.3 is 5.73 Å². The van der Waals surface area contributed by atoms with E-state index in [-0.39, 0.29) is 5.84 Å². The Bertz CT molecular complexity index is 403. The third kappa shape index (κ3) is 2.72. The summed E-state index contributed by atoms with van der Waals surface area (Å²) in [6.07, 6.45) is 1.05. The lowest BCUT2D eigenvalue weighted by atomic mass is 10.1. The minimum Gasteiger partial charge on any atom is -0.384 e. The number of hydrogen-bond donors (Lipinski definition) is 2. The molecule has 0 saturated heterocycles. The maximum absolute atomic E-state index is 7.61. The van der Waals surface area contributed by atoms with Crippen LogP contribution in [-0.4, -0.2) is 21.3 Å². The van der Waals surface area contributed by atoms with Crippen molar-refractivity contribution in [3.05, 3.63) is 16.8 Å². The number of aromatic nitrogens is 2. The molecular formula is C11H18N4S. The van der Waals surface area contributed by atoms with Crippen molar-refractivity contribution in [2.24, 2.45) is 5.73 Å². The van der Waals surface area contributed by atoms with Crippen molar-refractivity contribution in [2.45, 2.75) is 44.4 Å². The quantitative estimate of drug-likeness (QED) is 0.479. The number of amidine groups is 1. The van der Waals surface area contributed by atoms with Gasteiger partial charge in [-0.15, -0.1) is 16.9 Å². The molecule has 0 aliphatic carbocycles. The average Bonchev–Trinajstić information content (AvgIpc) is 2.23. The lowest BCUT2D eigenvalue weighted by molar-refractivity contribution is 0.854. The topological polar surface area (TPSA) is 75.7 Å². The van der Waals surface area contributed by atoms with Crippen molar-refractivity contribution < 1.29 is 0 Å². The van der Waals surface area contributed by atoms with E-state index in [0.29, 0.717) is 5.25 Å². The first-order chi connectivity index (χ1) is 7.47. The SMILES string of the molecule is CCC(C)Sc1nnc(C)c(C)c1C(=N)N. The molecule has 16 heavy (non-hydrogen) atoms. The molecule has 0 fully saturated rings. The predicted octanol–water partition coefficient (Wildman–Crippen LogP) is 2.27. The number of aryl methyl sites for hydroxylation is 1. The fourth-order valence-electron chi connectivity index (χ4n) is 1.26. The Morgan fingerprint density at radius 1 is 1.44 bits per heavy atom. The Balaban J connectivity index is 3.18. The minimum atomic E-state index is 0.0707. The van der Waals surface area contributed by atoms with Crippen LogP contribution in [0.3, 0.4) is 0 Å². The highest BCUT2D eigenvalue weighted by Gasteiger charge is 2.15. The molecule has 0 aliphatic heterocycles. The molecule has 0 bridgehead atoms. The predicted molar refractivity (Wildman–Crippen MR) is 68.1 cm³/mol. The number of nitrogens with one attached hydrogen (secondary N) is 1. The van der Waals surface area contributed by atoms with E-state index in [2.05, 4.69) is 24.0 Å². The Labute approximate surface area is 101 Å². The Morgan fingerprint density at radius 3 is 2.56 bits per heavy atom. The molecule has 4 nitrogen and oxygen atoms in total. The van der Waals surface area contributed by atoms with Gasteiger partial charge in [0.1, 0.15) is 10.9 Å². The summed E-state index contributed by atoms with van der Waals surface area (Å²) in [6, 6.07) is 0. The van der Waals surface area contributed by atoms with Crippen LogP contribution < -0.4 is 5.73 Å². The first-order valence-corrected chi connectivity index (χ1v) is 6.20. The molecular weight excluding hydrogens is 220 g/mol. The number of nitrogen functional groups attached to an aromatic ring is 1. The zero-order valence-electron chi connectivity index (χ0n) is 10.2. The van der Waals surface area contributed by atoms with Crippen LogP contribution in [0.2, 0.25) is 0 Å². The van der Waals surface area contributed by atoms with Crippen molar-refractivity contribution in [3.63, 3.8) is 0 Å². The maximum atomic E-state index is 7.61. The van der Waals surface area contributed by atoms with E-state index in [1.54, 1.807) is 11.8 Å². The van der Waals surface area contributed by atoms with Crippen molar-refractivity contribution in [2.75, 3.05) is 0 Å². The fourth-order valence-corrected chi connectivity index (χ4v) is 2.28. The maximum Gasteiger partial charge on any atom is 0.130 e.